The molecule has 0 fully saturated rings. The maximum atomic E-state index is 12.3. The molecule has 0 saturated heterocycles. The van der Waals surface area contributed by atoms with Gasteiger partial charge in [0.15, 0.2) is 0 Å². The highest BCUT2D eigenvalue weighted by atomic mass is 19.3. The molecule has 0 aliphatic heterocycles. The van der Waals surface area contributed by atoms with E-state index in [9.17, 15) is 8.78 Å². The summed E-state index contributed by atoms with van der Waals surface area (Å²) in [5.74, 6) is 0.137. The van der Waals surface area contributed by atoms with E-state index in [0.29, 0.717) is 12.0 Å². The first-order valence-corrected chi connectivity index (χ1v) is 5.94. The normalized spacial score (nSPS) is 25.8. The van der Waals surface area contributed by atoms with E-state index >= 15 is 0 Å². The highest BCUT2D eigenvalue weighted by Crippen LogP contribution is 2.27. The Labute approximate surface area is 110 Å². The van der Waals surface area contributed by atoms with Crippen molar-refractivity contribution in [2.24, 2.45) is 11.5 Å². The highest BCUT2D eigenvalue weighted by molar-refractivity contribution is 5.38. The van der Waals surface area contributed by atoms with Crippen molar-refractivity contribution in [3.05, 3.63) is 54.1 Å². The van der Waals surface area contributed by atoms with E-state index in [1.165, 1.54) is 6.07 Å². The molecule has 102 valence electrons. The molecule has 0 aromatic heterocycles. The van der Waals surface area contributed by atoms with Gasteiger partial charge >= 0.3 is 6.61 Å². The third-order valence-corrected chi connectivity index (χ3v) is 3.14. The van der Waals surface area contributed by atoms with Gasteiger partial charge in [0, 0.05) is 6.04 Å². The van der Waals surface area contributed by atoms with Crippen molar-refractivity contribution in [2.45, 2.75) is 24.6 Å². The molecular weight excluding hydrogens is 250 g/mol. The van der Waals surface area contributed by atoms with E-state index in [0.717, 1.165) is 0 Å². The molecule has 0 radical (unpaired) electrons. The van der Waals surface area contributed by atoms with Crippen LogP contribution < -0.4 is 16.2 Å². The van der Waals surface area contributed by atoms with Crippen molar-refractivity contribution in [1.29, 1.82) is 0 Å². The van der Waals surface area contributed by atoms with Gasteiger partial charge in [0.05, 0.1) is 5.54 Å². The Morgan fingerprint density at radius 2 is 2.00 bits per heavy atom. The van der Waals surface area contributed by atoms with Crippen molar-refractivity contribution in [1.82, 2.24) is 0 Å². The molecule has 1 aromatic carbocycles. The predicted molar refractivity (Wildman–Crippen MR) is 70.0 cm³/mol. The molecule has 0 heterocycles. The number of para-hydroxylation sites is 1. The number of alkyl halides is 2. The number of rotatable bonds is 4. The minimum atomic E-state index is -2.86. The van der Waals surface area contributed by atoms with Gasteiger partial charge in [-0.15, -0.1) is 0 Å². The van der Waals surface area contributed by atoms with Gasteiger partial charge in [-0.1, -0.05) is 42.5 Å². The Bertz CT molecular complexity index is 502. The van der Waals surface area contributed by atoms with Crippen LogP contribution in [0.2, 0.25) is 0 Å². The minimum absolute atomic E-state index is 0.137. The molecule has 5 heteroatoms. The molecule has 2 atom stereocenters. The summed E-state index contributed by atoms with van der Waals surface area (Å²) in [6.45, 7) is -2.86. The zero-order chi connectivity index (χ0) is 13.9. The monoisotopic (exact) mass is 266 g/mol. The number of benzene rings is 1. The fraction of sp³-hybridized carbons (Fsp3) is 0.286. The Hall–Kier alpha value is -1.72. The zero-order valence-corrected chi connectivity index (χ0v) is 10.3. The van der Waals surface area contributed by atoms with Crippen molar-refractivity contribution in [3.8, 4) is 5.75 Å². The number of allylic oxidation sites excluding steroid dienone is 2. The first-order chi connectivity index (χ1) is 9.01. The Morgan fingerprint density at radius 3 is 2.68 bits per heavy atom. The molecule has 1 aliphatic carbocycles. The minimum Gasteiger partial charge on any atom is -0.435 e. The van der Waals surface area contributed by atoms with Crippen LogP contribution in [0, 0.1) is 0 Å². The molecule has 0 saturated carbocycles. The summed E-state index contributed by atoms with van der Waals surface area (Å²) in [5.41, 5.74) is 12.0. The Balaban J connectivity index is 2.23. The van der Waals surface area contributed by atoms with Crippen LogP contribution in [-0.2, 0) is 6.42 Å². The van der Waals surface area contributed by atoms with Gasteiger partial charge in [-0.2, -0.15) is 8.78 Å². The van der Waals surface area contributed by atoms with Gasteiger partial charge < -0.3 is 16.2 Å². The van der Waals surface area contributed by atoms with Gasteiger partial charge in [0.25, 0.3) is 0 Å². The summed E-state index contributed by atoms with van der Waals surface area (Å²) in [5, 5.41) is 0. The molecule has 2 unspecified atom stereocenters. The molecule has 1 aromatic rings. The number of halogens is 2. The molecule has 19 heavy (non-hydrogen) atoms. The van der Waals surface area contributed by atoms with Crippen LogP contribution >= 0.6 is 0 Å². The van der Waals surface area contributed by atoms with E-state index in [2.05, 4.69) is 4.74 Å². The maximum absolute atomic E-state index is 12.3. The van der Waals surface area contributed by atoms with E-state index in [1.54, 1.807) is 36.4 Å². The van der Waals surface area contributed by atoms with E-state index in [4.69, 9.17) is 11.5 Å². The predicted octanol–water partition coefficient (Wildman–Crippen LogP) is 1.98. The van der Waals surface area contributed by atoms with Gasteiger partial charge in [-0.3, -0.25) is 0 Å². The summed E-state index contributed by atoms with van der Waals surface area (Å²) >= 11 is 0. The van der Waals surface area contributed by atoms with Crippen molar-refractivity contribution in [2.75, 3.05) is 0 Å². The average molecular weight is 266 g/mol. The van der Waals surface area contributed by atoms with Crippen LogP contribution in [0.3, 0.4) is 0 Å². The summed E-state index contributed by atoms with van der Waals surface area (Å²) in [6, 6.07) is 6.24. The topological polar surface area (TPSA) is 61.3 Å². The third kappa shape index (κ3) is 3.19. The van der Waals surface area contributed by atoms with E-state index in [1.807, 2.05) is 6.08 Å². The van der Waals surface area contributed by atoms with Crippen LogP contribution in [0.25, 0.3) is 0 Å². The standard InChI is InChI=1S/C14H16F2N2O/c15-13(16)19-11-6-2-1-5-10(11)9-14(18)8-4-3-7-12(14)17/h1-8,12-13H,9,17-18H2. The maximum Gasteiger partial charge on any atom is 0.387 e. The van der Waals surface area contributed by atoms with Gasteiger partial charge in [-0.25, -0.2) is 0 Å². The lowest BCUT2D eigenvalue weighted by atomic mass is 9.82. The molecular formula is C14H16F2N2O. The lowest BCUT2D eigenvalue weighted by Gasteiger charge is -2.33. The largest absolute Gasteiger partial charge is 0.435 e. The van der Waals surface area contributed by atoms with E-state index in [-0.39, 0.29) is 11.8 Å². The quantitative estimate of drug-likeness (QED) is 0.876. The van der Waals surface area contributed by atoms with Crippen LogP contribution in [0.5, 0.6) is 5.75 Å². The van der Waals surface area contributed by atoms with E-state index < -0.39 is 12.2 Å². The third-order valence-electron chi connectivity index (χ3n) is 3.14. The van der Waals surface area contributed by atoms with Crippen molar-refractivity contribution >= 4 is 0 Å². The molecule has 0 amide bonds. The molecule has 4 N–H and O–H groups in total. The van der Waals surface area contributed by atoms with Crippen LogP contribution in [0.1, 0.15) is 5.56 Å². The Morgan fingerprint density at radius 1 is 1.26 bits per heavy atom. The van der Waals surface area contributed by atoms with Crippen molar-refractivity contribution in [3.63, 3.8) is 0 Å². The second-order valence-electron chi connectivity index (χ2n) is 4.55. The van der Waals surface area contributed by atoms with Gasteiger partial charge in [0.2, 0.25) is 0 Å². The van der Waals surface area contributed by atoms with Crippen LogP contribution in [0.4, 0.5) is 8.78 Å². The molecule has 0 bridgehead atoms. The lowest BCUT2D eigenvalue weighted by molar-refractivity contribution is -0.0505. The molecule has 1 aliphatic rings. The Kier molecular flexibility index (Phi) is 3.97. The first kappa shape index (κ1) is 13.7. The summed E-state index contributed by atoms with van der Waals surface area (Å²) in [6.07, 6.45) is 7.53. The number of hydrogen-bond acceptors (Lipinski definition) is 3. The fourth-order valence-corrected chi connectivity index (χ4v) is 2.08. The van der Waals surface area contributed by atoms with Crippen LogP contribution in [-0.4, -0.2) is 18.2 Å². The summed E-state index contributed by atoms with van der Waals surface area (Å²) in [4.78, 5) is 0. The summed E-state index contributed by atoms with van der Waals surface area (Å²) < 4.78 is 29.2. The highest BCUT2D eigenvalue weighted by Gasteiger charge is 2.31. The average Bonchev–Trinajstić information content (AvgIpc) is 2.35. The fourth-order valence-electron chi connectivity index (χ4n) is 2.08. The number of nitrogens with two attached hydrogens (primary N) is 2. The second-order valence-corrected chi connectivity index (χ2v) is 4.55. The number of hydrogen-bond donors (Lipinski definition) is 2. The molecule has 2 rings (SSSR count). The smallest absolute Gasteiger partial charge is 0.387 e. The second kappa shape index (κ2) is 5.50. The van der Waals surface area contributed by atoms with Crippen molar-refractivity contribution < 1.29 is 13.5 Å². The lowest BCUT2D eigenvalue weighted by Crippen LogP contribution is -2.55. The zero-order valence-electron chi connectivity index (χ0n) is 10.3. The SMILES string of the molecule is NC1C=CC=CC1(N)Cc1ccccc1OC(F)F. The summed E-state index contributed by atoms with van der Waals surface area (Å²) in [7, 11) is 0. The van der Waals surface area contributed by atoms with Crippen LogP contribution in [0.15, 0.2) is 48.6 Å². The van der Waals surface area contributed by atoms with Gasteiger partial charge in [0.1, 0.15) is 5.75 Å². The molecule has 3 nitrogen and oxygen atoms in total. The number of ether oxygens (including phenoxy) is 1. The van der Waals surface area contributed by atoms with Gasteiger partial charge in [-0.05, 0) is 18.1 Å². The first-order valence-electron chi connectivity index (χ1n) is 5.94. The molecule has 0 spiro atoms.